The molecule has 0 radical (unpaired) electrons. The van der Waals surface area contributed by atoms with Gasteiger partial charge in [0.15, 0.2) is 0 Å². The quantitative estimate of drug-likeness (QED) is 0.814. The normalized spacial score (nSPS) is 10.3. The predicted molar refractivity (Wildman–Crippen MR) is 90.4 cm³/mol. The first-order valence-corrected chi connectivity index (χ1v) is 7.73. The van der Waals surface area contributed by atoms with E-state index in [1.54, 1.807) is 7.11 Å². The van der Waals surface area contributed by atoms with Crippen LogP contribution in [0.25, 0.3) is 0 Å². The van der Waals surface area contributed by atoms with Crippen molar-refractivity contribution in [2.45, 2.75) is 20.4 Å². The summed E-state index contributed by atoms with van der Waals surface area (Å²) < 4.78 is 11.8. The van der Waals surface area contributed by atoms with Crippen LogP contribution in [0.2, 0.25) is 0 Å². The molecule has 2 rings (SSSR count). The lowest BCUT2D eigenvalue weighted by Gasteiger charge is -2.13. The molecule has 2 aromatic carbocycles. The Morgan fingerprint density at radius 3 is 2.52 bits per heavy atom. The van der Waals surface area contributed by atoms with Gasteiger partial charge in [0, 0.05) is 16.7 Å². The van der Waals surface area contributed by atoms with Gasteiger partial charge >= 0.3 is 0 Å². The molecule has 0 aliphatic carbocycles. The summed E-state index contributed by atoms with van der Waals surface area (Å²) in [5, 5.41) is 3.45. The fourth-order valence-corrected chi connectivity index (χ4v) is 2.48. The zero-order valence-corrected chi connectivity index (χ0v) is 14.2. The Bertz CT molecular complexity index is 614. The molecule has 3 nitrogen and oxygen atoms in total. The zero-order valence-electron chi connectivity index (χ0n) is 12.6. The van der Waals surface area contributed by atoms with E-state index >= 15 is 0 Å². The number of rotatable bonds is 6. The number of benzene rings is 2. The highest BCUT2D eigenvalue weighted by atomic mass is 79.9. The van der Waals surface area contributed by atoms with E-state index in [1.807, 2.05) is 37.3 Å². The molecule has 112 valence electrons. The minimum atomic E-state index is 0.684. The van der Waals surface area contributed by atoms with Crippen molar-refractivity contribution in [1.29, 1.82) is 0 Å². The molecule has 0 saturated heterocycles. The maximum absolute atomic E-state index is 5.50. The number of anilines is 1. The molecule has 1 N–H and O–H groups in total. The third kappa shape index (κ3) is 4.14. The SMILES string of the molecule is CCOc1ccc(NCc2cc(OC)ccc2Br)c(C)c1. The van der Waals surface area contributed by atoms with Crippen LogP contribution in [0.5, 0.6) is 11.5 Å². The van der Waals surface area contributed by atoms with E-state index in [2.05, 4.69) is 34.2 Å². The molecule has 0 unspecified atom stereocenters. The predicted octanol–water partition coefficient (Wildman–Crippen LogP) is 4.78. The van der Waals surface area contributed by atoms with Crippen molar-refractivity contribution in [2.75, 3.05) is 19.0 Å². The monoisotopic (exact) mass is 349 g/mol. The Morgan fingerprint density at radius 1 is 1.10 bits per heavy atom. The van der Waals surface area contributed by atoms with Gasteiger partial charge in [-0.3, -0.25) is 0 Å². The van der Waals surface area contributed by atoms with Gasteiger partial charge in [0.05, 0.1) is 13.7 Å². The van der Waals surface area contributed by atoms with E-state index in [4.69, 9.17) is 9.47 Å². The number of nitrogens with one attached hydrogen (secondary N) is 1. The van der Waals surface area contributed by atoms with Gasteiger partial charge in [0.2, 0.25) is 0 Å². The highest BCUT2D eigenvalue weighted by Gasteiger charge is 2.04. The van der Waals surface area contributed by atoms with E-state index in [9.17, 15) is 0 Å². The van der Waals surface area contributed by atoms with Gasteiger partial charge in [-0.15, -0.1) is 0 Å². The van der Waals surface area contributed by atoms with Crippen molar-refractivity contribution in [3.63, 3.8) is 0 Å². The van der Waals surface area contributed by atoms with Crippen molar-refractivity contribution in [1.82, 2.24) is 0 Å². The second-order valence-corrected chi connectivity index (χ2v) is 5.57. The van der Waals surface area contributed by atoms with Crippen LogP contribution in [0.3, 0.4) is 0 Å². The van der Waals surface area contributed by atoms with E-state index < -0.39 is 0 Å². The van der Waals surface area contributed by atoms with Crippen LogP contribution < -0.4 is 14.8 Å². The van der Waals surface area contributed by atoms with Gasteiger partial charge in [-0.1, -0.05) is 15.9 Å². The molecule has 0 saturated carbocycles. The number of halogens is 1. The van der Waals surface area contributed by atoms with Crippen LogP contribution in [0.15, 0.2) is 40.9 Å². The zero-order chi connectivity index (χ0) is 15.2. The first-order valence-electron chi connectivity index (χ1n) is 6.93. The average molecular weight is 350 g/mol. The summed E-state index contributed by atoms with van der Waals surface area (Å²) in [5.74, 6) is 1.77. The minimum Gasteiger partial charge on any atom is -0.497 e. The highest BCUT2D eigenvalue weighted by Crippen LogP contribution is 2.25. The summed E-state index contributed by atoms with van der Waals surface area (Å²) >= 11 is 3.57. The topological polar surface area (TPSA) is 30.5 Å². The number of ether oxygens (including phenoxy) is 2. The van der Waals surface area contributed by atoms with Crippen LogP contribution in [-0.2, 0) is 6.54 Å². The lowest BCUT2D eigenvalue weighted by atomic mass is 10.1. The summed E-state index contributed by atoms with van der Waals surface area (Å²) in [6.07, 6.45) is 0. The fourth-order valence-electron chi connectivity index (χ4n) is 2.09. The first kappa shape index (κ1) is 15.7. The lowest BCUT2D eigenvalue weighted by molar-refractivity contribution is 0.340. The molecule has 0 atom stereocenters. The van der Waals surface area contributed by atoms with E-state index in [0.29, 0.717) is 6.61 Å². The molecule has 0 fully saturated rings. The van der Waals surface area contributed by atoms with Gasteiger partial charge in [0.25, 0.3) is 0 Å². The van der Waals surface area contributed by atoms with E-state index in [1.165, 1.54) is 5.56 Å². The molecule has 21 heavy (non-hydrogen) atoms. The molecule has 0 heterocycles. The Hall–Kier alpha value is -1.68. The second-order valence-electron chi connectivity index (χ2n) is 4.72. The van der Waals surface area contributed by atoms with Crippen molar-refractivity contribution in [2.24, 2.45) is 0 Å². The standard InChI is InChI=1S/C17H20BrNO2/c1-4-21-15-6-8-17(12(2)9-15)19-11-13-10-14(20-3)5-7-16(13)18/h5-10,19H,4,11H2,1-3H3. The van der Waals surface area contributed by atoms with Crippen molar-refractivity contribution >= 4 is 21.6 Å². The molecule has 0 bridgehead atoms. The maximum Gasteiger partial charge on any atom is 0.119 e. The number of methoxy groups -OCH3 is 1. The molecule has 0 spiro atoms. The largest absolute Gasteiger partial charge is 0.497 e. The molecule has 0 aliphatic rings. The molecule has 4 heteroatoms. The van der Waals surface area contributed by atoms with Gasteiger partial charge in [0.1, 0.15) is 11.5 Å². The number of hydrogen-bond acceptors (Lipinski definition) is 3. The smallest absolute Gasteiger partial charge is 0.119 e. The van der Waals surface area contributed by atoms with E-state index in [0.717, 1.165) is 33.8 Å². The molecular weight excluding hydrogens is 330 g/mol. The third-order valence-electron chi connectivity index (χ3n) is 3.23. The summed E-state index contributed by atoms with van der Waals surface area (Å²) in [4.78, 5) is 0. The van der Waals surface area contributed by atoms with Gasteiger partial charge in [-0.05, 0) is 61.4 Å². The van der Waals surface area contributed by atoms with Crippen molar-refractivity contribution < 1.29 is 9.47 Å². The Labute approximate surface area is 134 Å². The lowest BCUT2D eigenvalue weighted by Crippen LogP contribution is -2.02. The molecular formula is C17H20BrNO2. The average Bonchev–Trinajstić information content (AvgIpc) is 2.48. The highest BCUT2D eigenvalue weighted by molar-refractivity contribution is 9.10. The van der Waals surface area contributed by atoms with Crippen LogP contribution in [0, 0.1) is 6.92 Å². The van der Waals surface area contributed by atoms with Crippen LogP contribution in [0.1, 0.15) is 18.1 Å². The van der Waals surface area contributed by atoms with E-state index in [-0.39, 0.29) is 0 Å². The van der Waals surface area contributed by atoms with Crippen molar-refractivity contribution in [3.8, 4) is 11.5 Å². The third-order valence-corrected chi connectivity index (χ3v) is 4.00. The second kappa shape index (κ2) is 7.36. The summed E-state index contributed by atoms with van der Waals surface area (Å²) in [6, 6.07) is 12.1. The Balaban J connectivity index is 2.09. The van der Waals surface area contributed by atoms with Crippen molar-refractivity contribution in [3.05, 3.63) is 52.0 Å². The molecule has 0 amide bonds. The van der Waals surface area contributed by atoms with Crippen LogP contribution in [-0.4, -0.2) is 13.7 Å². The maximum atomic E-state index is 5.50. The summed E-state index contributed by atoms with van der Waals surface area (Å²) in [7, 11) is 1.68. The summed E-state index contributed by atoms with van der Waals surface area (Å²) in [6.45, 7) is 5.48. The minimum absolute atomic E-state index is 0.684. The molecule has 0 aliphatic heterocycles. The summed E-state index contributed by atoms with van der Waals surface area (Å²) in [5.41, 5.74) is 3.43. The molecule has 2 aromatic rings. The molecule has 0 aromatic heterocycles. The Morgan fingerprint density at radius 2 is 1.86 bits per heavy atom. The van der Waals surface area contributed by atoms with Crippen LogP contribution >= 0.6 is 15.9 Å². The Kier molecular flexibility index (Phi) is 5.51. The number of hydrogen-bond donors (Lipinski definition) is 1. The number of aryl methyl sites for hydroxylation is 1. The fraction of sp³-hybridized carbons (Fsp3) is 0.294. The van der Waals surface area contributed by atoms with Gasteiger partial charge in [-0.25, -0.2) is 0 Å². The first-order chi connectivity index (χ1) is 10.1. The van der Waals surface area contributed by atoms with Gasteiger partial charge in [-0.2, -0.15) is 0 Å². The van der Waals surface area contributed by atoms with Gasteiger partial charge < -0.3 is 14.8 Å². The van der Waals surface area contributed by atoms with Crippen LogP contribution in [0.4, 0.5) is 5.69 Å².